The summed E-state index contributed by atoms with van der Waals surface area (Å²) in [5, 5.41) is 2.88. The first-order valence-corrected chi connectivity index (χ1v) is 10.7. The van der Waals surface area contributed by atoms with Crippen LogP contribution in [0.3, 0.4) is 0 Å². The number of aryl methyl sites for hydroxylation is 2. The zero-order valence-electron chi connectivity index (χ0n) is 16.0. The Balaban J connectivity index is 1.87. The number of sulfonamides is 1. The lowest BCUT2D eigenvalue weighted by Gasteiger charge is -2.38. The molecule has 1 saturated heterocycles. The summed E-state index contributed by atoms with van der Waals surface area (Å²) >= 11 is 0. The van der Waals surface area contributed by atoms with Crippen LogP contribution in [0, 0.1) is 13.8 Å². The highest BCUT2D eigenvalue weighted by atomic mass is 32.2. The number of hydrogen-bond acceptors (Lipinski definition) is 5. The van der Waals surface area contributed by atoms with E-state index in [0.717, 1.165) is 17.4 Å². The fourth-order valence-corrected chi connectivity index (χ4v) is 4.64. The number of piperidine rings is 1. The molecule has 0 unspecified atom stereocenters. The van der Waals surface area contributed by atoms with Crippen molar-refractivity contribution in [1.29, 1.82) is 0 Å². The first-order valence-electron chi connectivity index (χ1n) is 8.82. The Morgan fingerprint density at radius 3 is 2.37 bits per heavy atom. The molecular weight excluding hydrogens is 368 g/mol. The Morgan fingerprint density at radius 1 is 1.19 bits per heavy atom. The van der Waals surface area contributed by atoms with Crippen molar-refractivity contribution in [2.24, 2.45) is 0 Å². The van der Waals surface area contributed by atoms with Crippen molar-refractivity contribution < 1.29 is 22.7 Å². The topological polar surface area (TPSA) is 92.8 Å². The van der Waals surface area contributed by atoms with Gasteiger partial charge >= 0.3 is 5.97 Å². The van der Waals surface area contributed by atoms with Gasteiger partial charge in [-0.1, -0.05) is 17.7 Å². The summed E-state index contributed by atoms with van der Waals surface area (Å²) in [6.45, 7) is 5.87. The molecule has 1 fully saturated rings. The van der Waals surface area contributed by atoms with Gasteiger partial charge in [0, 0.05) is 37.2 Å². The van der Waals surface area contributed by atoms with E-state index in [4.69, 9.17) is 4.74 Å². The first kappa shape index (κ1) is 19.6. The van der Waals surface area contributed by atoms with Crippen LogP contribution in [0.2, 0.25) is 0 Å². The van der Waals surface area contributed by atoms with Gasteiger partial charge in [-0.2, -0.15) is 0 Å². The molecule has 146 valence electrons. The van der Waals surface area contributed by atoms with Gasteiger partial charge < -0.3 is 10.1 Å². The van der Waals surface area contributed by atoms with E-state index in [-0.39, 0.29) is 37.4 Å². The van der Waals surface area contributed by atoms with Crippen LogP contribution >= 0.6 is 0 Å². The standard InChI is InChI=1S/C19H24N2O5S/c1-12-5-6-15(13(2)11-12)20-17(22)16-14(3)18(23)26-19(16)7-9-21(10-8-19)27(4,24)25/h5-6,11H,7-10H2,1-4H3,(H,20,22). The molecule has 0 radical (unpaired) electrons. The third-order valence-corrected chi connectivity index (χ3v) is 6.58. The molecule has 8 heteroatoms. The average Bonchev–Trinajstić information content (AvgIpc) is 2.80. The molecule has 0 aromatic heterocycles. The molecule has 1 aromatic carbocycles. The Labute approximate surface area is 159 Å². The number of hydrogen-bond donors (Lipinski definition) is 1. The second-order valence-corrected chi connectivity index (χ2v) is 9.30. The van der Waals surface area contributed by atoms with Crippen molar-refractivity contribution in [2.45, 2.75) is 39.2 Å². The minimum absolute atomic E-state index is 0.208. The maximum Gasteiger partial charge on any atom is 0.335 e. The third-order valence-electron chi connectivity index (χ3n) is 5.28. The normalized spacial score (nSPS) is 20.1. The molecule has 0 aliphatic carbocycles. The molecule has 1 aromatic rings. The quantitative estimate of drug-likeness (QED) is 0.793. The minimum Gasteiger partial charge on any atom is -0.450 e. The van der Waals surface area contributed by atoms with Crippen LogP contribution in [-0.4, -0.2) is 49.5 Å². The molecule has 2 heterocycles. The van der Waals surface area contributed by atoms with E-state index >= 15 is 0 Å². The van der Waals surface area contributed by atoms with Gasteiger partial charge in [0.15, 0.2) is 0 Å². The van der Waals surface area contributed by atoms with Crippen LogP contribution in [-0.2, 0) is 24.3 Å². The molecule has 3 rings (SSSR count). The Kier molecular flexibility index (Phi) is 4.90. The summed E-state index contributed by atoms with van der Waals surface area (Å²) in [5.74, 6) is -0.897. The van der Waals surface area contributed by atoms with Gasteiger partial charge in [-0.25, -0.2) is 17.5 Å². The number of ether oxygens (including phenoxy) is 1. The number of carbonyl (C=O) groups is 2. The SMILES string of the molecule is CC1=C(C(=O)Nc2ccc(C)cc2C)C2(CCN(S(C)(=O)=O)CC2)OC1=O. The first-order chi connectivity index (χ1) is 12.5. The molecule has 0 saturated carbocycles. The Bertz CT molecular complexity index is 941. The highest BCUT2D eigenvalue weighted by Crippen LogP contribution is 2.42. The number of esters is 1. The van der Waals surface area contributed by atoms with Crippen molar-refractivity contribution in [3.8, 4) is 0 Å². The van der Waals surface area contributed by atoms with E-state index < -0.39 is 21.6 Å². The van der Waals surface area contributed by atoms with Crippen molar-refractivity contribution in [3.63, 3.8) is 0 Å². The van der Waals surface area contributed by atoms with Crippen molar-refractivity contribution in [2.75, 3.05) is 24.7 Å². The molecule has 7 nitrogen and oxygen atoms in total. The smallest absolute Gasteiger partial charge is 0.335 e. The number of amides is 1. The van der Waals surface area contributed by atoms with E-state index in [0.29, 0.717) is 11.3 Å². The summed E-state index contributed by atoms with van der Waals surface area (Å²) < 4.78 is 30.5. The molecule has 0 atom stereocenters. The van der Waals surface area contributed by atoms with Crippen LogP contribution in [0.4, 0.5) is 5.69 Å². The molecule has 1 amide bonds. The molecule has 1 N–H and O–H groups in total. The zero-order chi connectivity index (χ0) is 20.0. The lowest BCUT2D eigenvalue weighted by atomic mass is 9.83. The van der Waals surface area contributed by atoms with Crippen LogP contribution in [0.15, 0.2) is 29.3 Å². The zero-order valence-corrected chi connectivity index (χ0v) is 16.8. The van der Waals surface area contributed by atoms with Gasteiger partial charge in [0.05, 0.1) is 11.8 Å². The van der Waals surface area contributed by atoms with Gasteiger partial charge in [-0.3, -0.25) is 4.79 Å². The lowest BCUT2D eigenvalue weighted by Crippen LogP contribution is -2.49. The maximum absolute atomic E-state index is 13.0. The highest BCUT2D eigenvalue weighted by Gasteiger charge is 2.51. The predicted octanol–water partition coefficient (Wildman–Crippen LogP) is 1.91. The Hall–Kier alpha value is -2.19. The number of rotatable bonds is 3. The van der Waals surface area contributed by atoms with Gasteiger partial charge in [0.25, 0.3) is 5.91 Å². The summed E-state index contributed by atoms with van der Waals surface area (Å²) in [6.07, 6.45) is 1.68. The summed E-state index contributed by atoms with van der Waals surface area (Å²) in [4.78, 5) is 25.2. The van der Waals surface area contributed by atoms with E-state index in [2.05, 4.69) is 5.32 Å². The third kappa shape index (κ3) is 3.64. The van der Waals surface area contributed by atoms with Crippen LogP contribution < -0.4 is 5.32 Å². The molecule has 2 aliphatic rings. The molecule has 1 spiro atoms. The second-order valence-electron chi connectivity index (χ2n) is 7.32. The van der Waals surface area contributed by atoms with Gasteiger partial charge in [0.1, 0.15) is 5.60 Å². The summed E-state index contributed by atoms with van der Waals surface area (Å²) in [6, 6.07) is 5.70. The number of anilines is 1. The monoisotopic (exact) mass is 392 g/mol. The molecule has 2 aliphatic heterocycles. The number of nitrogens with one attached hydrogen (secondary N) is 1. The van der Waals surface area contributed by atoms with E-state index in [1.165, 1.54) is 4.31 Å². The summed E-state index contributed by atoms with van der Waals surface area (Å²) in [5.41, 5.74) is 2.21. The van der Waals surface area contributed by atoms with Crippen molar-refractivity contribution in [3.05, 3.63) is 40.5 Å². The minimum atomic E-state index is -3.32. The van der Waals surface area contributed by atoms with Crippen LogP contribution in [0.5, 0.6) is 0 Å². The number of benzene rings is 1. The van der Waals surface area contributed by atoms with Crippen LogP contribution in [0.1, 0.15) is 30.9 Å². The lowest BCUT2D eigenvalue weighted by molar-refractivity contribution is -0.149. The van der Waals surface area contributed by atoms with E-state index in [1.54, 1.807) is 6.92 Å². The average molecular weight is 392 g/mol. The van der Waals surface area contributed by atoms with Gasteiger partial charge in [0.2, 0.25) is 10.0 Å². The van der Waals surface area contributed by atoms with Gasteiger partial charge in [-0.15, -0.1) is 0 Å². The Morgan fingerprint density at radius 2 is 1.81 bits per heavy atom. The number of carbonyl (C=O) groups excluding carboxylic acids is 2. The largest absolute Gasteiger partial charge is 0.450 e. The van der Waals surface area contributed by atoms with E-state index in [1.807, 2.05) is 32.0 Å². The predicted molar refractivity (Wildman–Crippen MR) is 102 cm³/mol. The highest BCUT2D eigenvalue weighted by molar-refractivity contribution is 7.88. The fourth-order valence-electron chi connectivity index (χ4n) is 3.80. The maximum atomic E-state index is 13.0. The fraction of sp³-hybridized carbons (Fsp3) is 0.474. The van der Waals surface area contributed by atoms with Crippen LogP contribution in [0.25, 0.3) is 0 Å². The van der Waals surface area contributed by atoms with Crippen molar-refractivity contribution >= 4 is 27.6 Å². The van der Waals surface area contributed by atoms with Crippen molar-refractivity contribution in [1.82, 2.24) is 4.31 Å². The second kappa shape index (κ2) is 6.76. The number of nitrogens with zero attached hydrogens (tertiary/aromatic N) is 1. The van der Waals surface area contributed by atoms with Gasteiger partial charge in [-0.05, 0) is 32.4 Å². The molecule has 0 bridgehead atoms. The summed E-state index contributed by atoms with van der Waals surface area (Å²) in [7, 11) is -3.32. The molecular formula is C19H24N2O5S. The molecule has 27 heavy (non-hydrogen) atoms. The van der Waals surface area contributed by atoms with E-state index in [9.17, 15) is 18.0 Å².